The Balaban J connectivity index is 2.20. The molecule has 1 fully saturated rings. The van der Waals surface area contributed by atoms with E-state index in [1.807, 2.05) is 0 Å². The first-order chi connectivity index (χ1) is 6.59. The van der Waals surface area contributed by atoms with Crippen LogP contribution in [0.15, 0.2) is 18.2 Å². The molecule has 1 saturated carbocycles. The predicted molar refractivity (Wildman–Crippen MR) is 64.9 cm³/mol. The van der Waals surface area contributed by atoms with Crippen LogP contribution in [0.5, 0.6) is 0 Å². The van der Waals surface area contributed by atoms with Gasteiger partial charge < -0.3 is 0 Å². The summed E-state index contributed by atoms with van der Waals surface area (Å²) in [6.07, 6.45) is 1.38. The van der Waals surface area contributed by atoms with Crippen LogP contribution in [0.1, 0.15) is 34.9 Å². The summed E-state index contributed by atoms with van der Waals surface area (Å²) in [7, 11) is 0. The molecular formula is C13H17Br. The van der Waals surface area contributed by atoms with Gasteiger partial charge in [-0.3, -0.25) is 0 Å². The first kappa shape index (κ1) is 10.2. The summed E-state index contributed by atoms with van der Waals surface area (Å²) in [6.45, 7) is 6.69. The standard InChI is InChI=1S/C13H17Br/c1-8-4-5-11(6-9(8)2)13(14)12-7-10(12)3/h4-6,10,12-13H,7H2,1-3H3. The van der Waals surface area contributed by atoms with Crippen LogP contribution in [-0.2, 0) is 0 Å². The van der Waals surface area contributed by atoms with E-state index in [-0.39, 0.29) is 0 Å². The smallest absolute Gasteiger partial charge is 0.0426 e. The fourth-order valence-electron chi connectivity index (χ4n) is 1.94. The monoisotopic (exact) mass is 252 g/mol. The van der Waals surface area contributed by atoms with E-state index in [0.29, 0.717) is 4.83 Å². The lowest BCUT2D eigenvalue weighted by Gasteiger charge is -2.11. The molecule has 0 spiro atoms. The van der Waals surface area contributed by atoms with Gasteiger partial charge in [0, 0.05) is 4.83 Å². The van der Waals surface area contributed by atoms with E-state index in [1.165, 1.54) is 23.1 Å². The van der Waals surface area contributed by atoms with Crippen molar-refractivity contribution in [3.05, 3.63) is 34.9 Å². The maximum atomic E-state index is 3.81. The van der Waals surface area contributed by atoms with E-state index in [0.717, 1.165) is 11.8 Å². The third-order valence-corrected chi connectivity index (χ3v) is 4.60. The molecule has 0 amide bonds. The van der Waals surface area contributed by atoms with Gasteiger partial charge in [-0.2, -0.15) is 0 Å². The fourth-order valence-corrected chi connectivity index (χ4v) is 2.96. The molecule has 0 N–H and O–H groups in total. The summed E-state index contributed by atoms with van der Waals surface area (Å²) in [5, 5.41) is 0. The Morgan fingerprint density at radius 1 is 1.29 bits per heavy atom. The van der Waals surface area contributed by atoms with Gasteiger partial charge in [-0.15, -0.1) is 0 Å². The van der Waals surface area contributed by atoms with Crippen LogP contribution < -0.4 is 0 Å². The minimum atomic E-state index is 0.566. The first-order valence-corrected chi connectivity index (χ1v) is 6.22. The van der Waals surface area contributed by atoms with Crippen molar-refractivity contribution in [2.45, 2.75) is 32.0 Å². The average Bonchev–Trinajstić information content (AvgIpc) is 2.86. The second kappa shape index (κ2) is 3.69. The molecule has 0 saturated heterocycles. The quantitative estimate of drug-likeness (QED) is 0.685. The molecule has 0 heterocycles. The van der Waals surface area contributed by atoms with Crippen LogP contribution >= 0.6 is 15.9 Å². The third kappa shape index (κ3) is 1.88. The molecule has 0 aliphatic heterocycles. The Bertz CT molecular complexity index is 343. The van der Waals surface area contributed by atoms with Gasteiger partial charge in [0.1, 0.15) is 0 Å². The third-order valence-electron chi connectivity index (χ3n) is 3.40. The number of halogens is 1. The van der Waals surface area contributed by atoms with Gasteiger partial charge in [0.05, 0.1) is 0 Å². The fraction of sp³-hybridized carbons (Fsp3) is 0.538. The molecule has 3 unspecified atom stereocenters. The highest BCUT2D eigenvalue weighted by Crippen LogP contribution is 2.51. The number of hydrogen-bond acceptors (Lipinski definition) is 0. The van der Waals surface area contributed by atoms with Crippen molar-refractivity contribution in [1.29, 1.82) is 0 Å². The zero-order valence-electron chi connectivity index (χ0n) is 9.05. The lowest BCUT2D eigenvalue weighted by atomic mass is 10.0. The average molecular weight is 253 g/mol. The summed E-state index contributed by atoms with van der Waals surface area (Å²) < 4.78 is 0. The molecule has 3 atom stereocenters. The van der Waals surface area contributed by atoms with Crippen LogP contribution in [0.25, 0.3) is 0 Å². The second-order valence-electron chi connectivity index (χ2n) is 4.62. The van der Waals surface area contributed by atoms with Crippen LogP contribution in [-0.4, -0.2) is 0 Å². The zero-order chi connectivity index (χ0) is 10.3. The van der Waals surface area contributed by atoms with Crippen molar-refractivity contribution in [2.24, 2.45) is 11.8 Å². The van der Waals surface area contributed by atoms with Gasteiger partial charge in [-0.1, -0.05) is 41.1 Å². The highest BCUT2D eigenvalue weighted by Gasteiger charge is 2.38. The van der Waals surface area contributed by atoms with Crippen LogP contribution in [0.4, 0.5) is 0 Å². The van der Waals surface area contributed by atoms with Crippen molar-refractivity contribution in [1.82, 2.24) is 0 Å². The Labute approximate surface area is 94.8 Å². The summed E-state index contributed by atoms with van der Waals surface area (Å²) in [4.78, 5) is 0.566. The van der Waals surface area contributed by atoms with Crippen molar-refractivity contribution < 1.29 is 0 Å². The minimum absolute atomic E-state index is 0.566. The Hall–Kier alpha value is -0.300. The van der Waals surface area contributed by atoms with Crippen molar-refractivity contribution in [3.8, 4) is 0 Å². The SMILES string of the molecule is Cc1ccc(C(Br)C2CC2C)cc1C. The lowest BCUT2D eigenvalue weighted by molar-refractivity contribution is 0.739. The number of rotatable bonds is 2. The number of aryl methyl sites for hydroxylation is 2. The van der Waals surface area contributed by atoms with Crippen LogP contribution in [0.3, 0.4) is 0 Å². The Kier molecular flexibility index (Phi) is 2.70. The van der Waals surface area contributed by atoms with Gasteiger partial charge in [-0.25, -0.2) is 0 Å². The highest BCUT2D eigenvalue weighted by atomic mass is 79.9. The highest BCUT2D eigenvalue weighted by molar-refractivity contribution is 9.09. The largest absolute Gasteiger partial charge is 0.0836 e. The van der Waals surface area contributed by atoms with Crippen molar-refractivity contribution in [2.75, 3.05) is 0 Å². The second-order valence-corrected chi connectivity index (χ2v) is 5.61. The van der Waals surface area contributed by atoms with E-state index < -0.39 is 0 Å². The molecule has 1 heteroatoms. The molecule has 1 aliphatic carbocycles. The van der Waals surface area contributed by atoms with Gasteiger partial charge >= 0.3 is 0 Å². The van der Waals surface area contributed by atoms with E-state index in [2.05, 4.69) is 54.9 Å². The maximum Gasteiger partial charge on any atom is 0.0426 e. The number of alkyl halides is 1. The molecule has 0 nitrogen and oxygen atoms in total. The summed E-state index contributed by atoms with van der Waals surface area (Å²) >= 11 is 3.81. The molecule has 0 bridgehead atoms. The van der Waals surface area contributed by atoms with Gasteiger partial charge in [-0.05, 0) is 48.8 Å². The summed E-state index contributed by atoms with van der Waals surface area (Å²) in [6, 6.07) is 6.80. The molecule has 0 radical (unpaired) electrons. The molecule has 1 aromatic rings. The summed E-state index contributed by atoms with van der Waals surface area (Å²) in [5.74, 6) is 1.76. The van der Waals surface area contributed by atoms with E-state index >= 15 is 0 Å². The van der Waals surface area contributed by atoms with Gasteiger partial charge in [0.25, 0.3) is 0 Å². The van der Waals surface area contributed by atoms with Crippen molar-refractivity contribution in [3.63, 3.8) is 0 Å². The van der Waals surface area contributed by atoms with Crippen molar-refractivity contribution >= 4 is 15.9 Å². The molecule has 1 aliphatic rings. The topological polar surface area (TPSA) is 0 Å². The summed E-state index contributed by atoms with van der Waals surface area (Å²) in [5.41, 5.74) is 4.24. The van der Waals surface area contributed by atoms with Gasteiger partial charge in [0.2, 0.25) is 0 Å². The number of benzene rings is 1. The Morgan fingerprint density at radius 2 is 1.93 bits per heavy atom. The van der Waals surface area contributed by atoms with Crippen LogP contribution in [0.2, 0.25) is 0 Å². The first-order valence-electron chi connectivity index (χ1n) is 5.31. The molecule has 0 aromatic heterocycles. The molecule has 76 valence electrons. The lowest BCUT2D eigenvalue weighted by Crippen LogP contribution is -1.95. The van der Waals surface area contributed by atoms with E-state index in [1.54, 1.807) is 0 Å². The maximum absolute atomic E-state index is 3.81. The van der Waals surface area contributed by atoms with E-state index in [9.17, 15) is 0 Å². The minimum Gasteiger partial charge on any atom is -0.0836 e. The van der Waals surface area contributed by atoms with Gasteiger partial charge in [0.15, 0.2) is 0 Å². The zero-order valence-corrected chi connectivity index (χ0v) is 10.6. The predicted octanol–water partition coefficient (Wildman–Crippen LogP) is 4.40. The van der Waals surface area contributed by atoms with Crippen LogP contribution in [0, 0.1) is 25.7 Å². The molecular weight excluding hydrogens is 236 g/mol. The molecule has 1 aromatic carbocycles. The molecule has 14 heavy (non-hydrogen) atoms. The number of hydrogen-bond donors (Lipinski definition) is 0. The molecule has 2 rings (SSSR count). The van der Waals surface area contributed by atoms with E-state index in [4.69, 9.17) is 0 Å². The normalized spacial score (nSPS) is 27.4. The Morgan fingerprint density at radius 3 is 2.43 bits per heavy atom.